The molecular formula is C17H36O2. The van der Waals surface area contributed by atoms with Crippen molar-refractivity contribution in [3.05, 3.63) is 0 Å². The van der Waals surface area contributed by atoms with Gasteiger partial charge in [-0.15, -0.1) is 0 Å². The maximum Gasteiger partial charge on any atom is 0.162 e. The van der Waals surface area contributed by atoms with Gasteiger partial charge in [0.15, 0.2) is 5.79 Å². The van der Waals surface area contributed by atoms with Gasteiger partial charge in [0.25, 0.3) is 0 Å². The molecule has 0 aliphatic heterocycles. The van der Waals surface area contributed by atoms with E-state index < -0.39 is 5.79 Å². The van der Waals surface area contributed by atoms with E-state index in [2.05, 4.69) is 13.8 Å². The highest BCUT2D eigenvalue weighted by Gasteiger charge is 2.17. The molecule has 0 N–H and O–H groups in total. The van der Waals surface area contributed by atoms with Crippen molar-refractivity contribution < 1.29 is 9.47 Å². The van der Waals surface area contributed by atoms with Crippen LogP contribution < -0.4 is 0 Å². The van der Waals surface area contributed by atoms with Crippen molar-refractivity contribution in [1.29, 1.82) is 0 Å². The molecule has 0 fully saturated rings. The molecule has 19 heavy (non-hydrogen) atoms. The summed E-state index contributed by atoms with van der Waals surface area (Å²) < 4.78 is 11.6. The summed E-state index contributed by atoms with van der Waals surface area (Å²) in [5.41, 5.74) is 0. The lowest BCUT2D eigenvalue weighted by Gasteiger charge is -2.25. The van der Waals surface area contributed by atoms with Crippen molar-refractivity contribution in [2.45, 2.75) is 97.7 Å². The van der Waals surface area contributed by atoms with E-state index in [0.29, 0.717) is 0 Å². The lowest BCUT2D eigenvalue weighted by atomic mass is 10.1. The van der Waals surface area contributed by atoms with Crippen molar-refractivity contribution >= 4 is 0 Å². The summed E-state index contributed by atoms with van der Waals surface area (Å²) >= 11 is 0. The van der Waals surface area contributed by atoms with Gasteiger partial charge < -0.3 is 9.47 Å². The fraction of sp³-hybridized carbons (Fsp3) is 1.00. The number of unbranched alkanes of at least 4 members (excludes halogenated alkanes) is 8. The van der Waals surface area contributed by atoms with Crippen LogP contribution in [0.2, 0.25) is 0 Å². The Morgan fingerprint density at radius 1 is 0.579 bits per heavy atom. The molecule has 0 saturated heterocycles. The second-order valence-electron chi connectivity index (χ2n) is 5.93. The maximum atomic E-state index is 5.82. The summed E-state index contributed by atoms with van der Waals surface area (Å²) in [6, 6.07) is 0. The molecule has 2 nitrogen and oxygen atoms in total. The minimum absolute atomic E-state index is 0.407. The third kappa shape index (κ3) is 14.1. The van der Waals surface area contributed by atoms with E-state index >= 15 is 0 Å². The molecule has 0 aromatic rings. The molecule has 0 spiro atoms. The van der Waals surface area contributed by atoms with Gasteiger partial charge in [0, 0.05) is 13.2 Å². The minimum atomic E-state index is -0.407. The Bertz CT molecular complexity index is 160. The third-order valence-electron chi connectivity index (χ3n) is 3.40. The fourth-order valence-corrected chi connectivity index (χ4v) is 2.09. The van der Waals surface area contributed by atoms with Gasteiger partial charge in [0.05, 0.1) is 0 Å². The predicted octanol–water partition coefficient (Wildman–Crippen LogP) is 5.70. The summed E-state index contributed by atoms with van der Waals surface area (Å²) in [5, 5.41) is 0. The van der Waals surface area contributed by atoms with Crippen LogP contribution in [0.25, 0.3) is 0 Å². The van der Waals surface area contributed by atoms with Gasteiger partial charge in [-0.1, -0.05) is 65.2 Å². The van der Waals surface area contributed by atoms with Crippen LogP contribution in [-0.2, 0) is 9.47 Å². The Labute approximate surface area is 121 Å². The van der Waals surface area contributed by atoms with E-state index in [1.807, 2.05) is 13.8 Å². The second-order valence-corrected chi connectivity index (χ2v) is 5.93. The summed E-state index contributed by atoms with van der Waals surface area (Å²) in [6.45, 7) is 10.2. The Hall–Kier alpha value is -0.0800. The molecule has 0 amide bonds. The van der Waals surface area contributed by atoms with Crippen molar-refractivity contribution in [3.8, 4) is 0 Å². The van der Waals surface area contributed by atoms with Gasteiger partial charge in [-0.05, 0) is 26.7 Å². The van der Waals surface area contributed by atoms with Crippen LogP contribution in [0.4, 0.5) is 0 Å². The average molecular weight is 272 g/mol. The topological polar surface area (TPSA) is 18.5 Å². The van der Waals surface area contributed by atoms with Crippen LogP contribution in [0.15, 0.2) is 0 Å². The number of hydrogen-bond donors (Lipinski definition) is 0. The molecule has 0 saturated carbocycles. The SMILES string of the molecule is CCCCCCCOC(C)(C)OCCCCCCC. The molecule has 0 aliphatic rings. The van der Waals surface area contributed by atoms with Crippen molar-refractivity contribution in [2.24, 2.45) is 0 Å². The molecule has 116 valence electrons. The quantitative estimate of drug-likeness (QED) is 0.298. The van der Waals surface area contributed by atoms with Gasteiger partial charge in [-0.3, -0.25) is 0 Å². The molecule has 0 rings (SSSR count). The first-order valence-electron chi connectivity index (χ1n) is 8.40. The van der Waals surface area contributed by atoms with E-state index in [4.69, 9.17) is 9.47 Å². The largest absolute Gasteiger partial charge is 0.351 e. The van der Waals surface area contributed by atoms with Crippen molar-refractivity contribution in [2.75, 3.05) is 13.2 Å². The van der Waals surface area contributed by atoms with Crippen LogP contribution >= 0.6 is 0 Å². The Kier molecular flexibility index (Phi) is 12.9. The van der Waals surface area contributed by atoms with Crippen LogP contribution in [0.3, 0.4) is 0 Å². The highest BCUT2D eigenvalue weighted by atomic mass is 16.7. The molecule has 2 heteroatoms. The van der Waals surface area contributed by atoms with Crippen LogP contribution in [0.5, 0.6) is 0 Å². The Morgan fingerprint density at radius 3 is 1.32 bits per heavy atom. The van der Waals surface area contributed by atoms with Crippen molar-refractivity contribution in [3.63, 3.8) is 0 Å². The van der Waals surface area contributed by atoms with Gasteiger partial charge in [-0.2, -0.15) is 0 Å². The average Bonchev–Trinajstić information content (AvgIpc) is 2.38. The number of ether oxygens (including phenoxy) is 2. The predicted molar refractivity (Wildman–Crippen MR) is 83.5 cm³/mol. The second kappa shape index (κ2) is 12.9. The van der Waals surface area contributed by atoms with E-state index in [1.54, 1.807) is 0 Å². The maximum absolute atomic E-state index is 5.82. The van der Waals surface area contributed by atoms with E-state index in [0.717, 1.165) is 26.1 Å². The first kappa shape index (κ1) is 18.9. The standard InChI is InChI=1S/C17H36O2/c1-5-7-9-11-13-15-18-17(3,4)19-16-14-12-10-8-6-2/h5-16H2,1-4H3. The molecule has 0 radical (unpaired) electrons. The lowest BCUT2D eigenvalue weighted by molar-refractivity contribution is -0.214. The minimum Gasteiger partial charge on any atom is -0.351 e. The van der Waals surface area contributed by atoms with Crippen LogP contribution in [0, 0.1) is 0 Å². The Balaban J connectivity index is 3.36. The van der Waals surface area contributed by atoms with Gasteiger partial charge in [0.2, 0.25) is 0 Å². The zero-order valence-electron chi connectivity index (χ0n) is 13.8. The number of hydrogen-bond acceptors (Lipinski definition) is 2. The molecule has 0 unspecified atom stereocenters. The zero-order chi connectivity index (χ0) is 14.4. The molecular weight excluding hydrogens is 236 g/mol. The smallest absolute Gasteiger partial charge is 0.162 e. The summed E-state index contributed by atoms with van der Waals surface area (Å²) in [4.78, 5) is 0. The zero-order valence-corrected chi connectivity index (χ0v) is 13.8. The summed E-state index contributed by atoms with van der Waals surface area (Å²) in [6.07, 6.45) is 12.8. The lowest BCUT2D eigenvalue weighted by Crippen LogP contribution is -2.29. The molecule has 0 aromatic carbocycles. The van der Waals surface area contributed by atoms with E-state index in [-0.39, 0.29) is 0 Å². The van der Waals surface area contributed by atoms with Gasteiger partial charge in [-0.25, -0.2) is 0 Å². The third-order valence-corrected chi connectivity index (χ3v) is 3.40. The molecule has 0 atom stereocenters. The van der Waals surface area contributed by atoms with Crippen LogP contribution in [-0.4, -0.2) is 19.0 Å². The molecule has 0 bridgehead atoms. The van der Waals surface area contributed by atoms with Gasteiger partial charge >= 0.3 is 0 Å². The van der Waals surface area contributed by atoms with Crippen LogP contribution in [0.1, 0.15) is 91.9 Å². The fourth-order valence-electron chi connectivity index (χ4n) is 2.09. The normalized spacial score (nSPS) is 12.0. The monoisotopic (exact) mass is 272 g/mol. The first-order valence-corrected chi connectivity index (χ1v) is 8.40. The van der Waals surface area contributed by atoms with E-state index in [9.17, 15) is 0 Å². The Morgan fingerprint density at radius 2 is 0.947 bits per heavy atom. The molecule has 0 aromatic heterocycles. The molecule has 0 heterocycles. The van der Waals surface area contributed by atoms with E-state index in [1.165, 1.54) is 51.4 Å². The first-order chi connectivity index (χ1) is 9.12. The summed E-state index contributed by atoms with van der Waals surface area (Å²) in [7, 11) is 0. The van der Waals surface area contributed by atoms with Gasteiger partial charge in [0.1, 0.15) is 0 Å². The number of rotatable bonds is 14. The van der Waals surface area contributed by atoms with Crippen molar-refractivity contribution in [1.82, 2.24) is 0 Å². The summed E-state index contributed by atoms with van der Waals surface area (Å²) in [5.74, 6) is -0.407. The molecule has 0 aliphatic carbocycles. The highest BCUT2D eigenvalue weighted by molar-refractivity contribution is 4.55. The highest BCUT2D eigenvalue weighted by Crippen LogP contribution is 2.14.